The number of rotatable bonds is 5. The van der Waals surface area contributed by atoms with Gasteiger partial charge in [0.05, 0.1) is 7.11 Å². The first-order valence-electron chi connectivity index (χ1n) is 10.3. The summed E-state index contributed by atoms with van der Waals surface area (Å²) in [5.74, 6) is 1.27. The highest BCUT2D eigenvalue weighted by atomic mass is 16.5. The Kier molecular flexibility index (Phi) is 4.17. The van der Waals surface area contributed by atoms with Gasteiger partial charge in [0.1, 0.15) is 5.41 Å². The Bertz CT molecular complexity index is 1190. The van der Waals surface area contributed by atoms with E-state index in [1.807, 2.05) is 38.1 Å². The van der Waals surface area contributed by atoms with E-state index in [2.05, 4.69) is 16.5 Å². The molecule has 0 atom stereocenters. The Labute approximate surface area is 174 Å². The van der Waals surface area contributed by atoms with Gasteiger partial charge in [0.2, 0.25) is 11.8 Å². The lowest BCUT2D eigenvalue weighted by molar-refractivity contribution is -0.124. The third-order valence-corrected chi connectivity index (χ3v) is 6.03. The molecule has 2 aromatic heterocycles. The molecule has 5 rings (SSSR count). The summed E-state index contributed by atoms with van der Waals surface area (Å²) in [7, 11) is 1.59. The van der Waals surface area contributed by atoms with Gasteiger partial charge in [-0.3, -0.25) is 9.59 Å². The number of pyridine rings is 1. The first kappa shape index (κ1) is 18.8. The Hall–Kier alpha value is -3.22. The summed E-state index contributed by atoms with van der Waals surface area (Å²) >= 11 is 0. The molecule has 1 amide bonds. The van der Waals surface area contributed by atoms with Crippen LogP contribution in [0, 0.1) is 0 Å². The number of hydrogen-bond donors (Lipinski definition) is 1. The van der Waals surface area contributed by atoms with Crippen molar-refractivity contribution in [1.82, 2.24) is 19.9 Å². The van der Waals surface area contributed by atoms with Gasteiger partial charge in [-0.1, -0.05) is 18.2 Å². The van der Waals surface area contributed by atoms with Gasteiger partial charge in [-0.25, -0.2) is 4.98 Å². The quantitative estimate of drug-likeness (QED) is 0.706. The molecule has 0 unspecified atom stereocenters. The summed E-state index contributed by atoms with van der Waals surface area (Å²) < 4.78 is 7.17. The van der Waals surface area contributed by atoms with Crippen molar-refractivity contribution in [1.29, 1.82) is 0 Å². The van der Waals surface area contributed by atoms with Crippen LogP contribution in [0.1, 0.15) is 54.9 Å². The number of fused-ring (bicyclic) bond motifs is 2. The Morgan fingerprint density at radius 1 is 1.17 bits per heavy atom. The molecule has 1 saturated carbocycles. The zero-order valence-electron chi connectivity index (χ0n) is 17.4. The van der Waals surface area contributed by atoms with Crippen molar-refractivity contribution in [3.63, 3.8) is 0 Å². The van der Waals surface area contributed by atoms with Crippen LogP contribution in [0.3, 0.4) is 0 Å². The fraction of sp³-hybridized carbons (Fsp3) is 0.391. The second-order valence-corrected chi connectivity index (χ2v) is 8.47. The van der Waals surface area contributed by atoms with E-state index in [-0.39, 0.29) is 17.7 Å². The van der Waals surface area contributed by atoms with Crippen LogP contribution in [0.2, 0.25) is 0 Å². The SMILES string of the molecule is COc1ccc(-c2ccc3c(c2)CCC3=O)c2nc(C3(C(=O)NC(C)C)CC3)nn12. The van der Waals surface area contributed by atoms with E-state index in [4.69, 9.17) is 9.72 Å². The molecule has 1 N–H and O–H groups in total. The van der Waals surface area contributed by atoms with Crippen LogP contribution in [0.15, 0.2) is 30.3 Å². The Morgan fingerprint density at radius 2 is 1.93 bits per heavy atom. The summed E-state index contributed by atoms with van der Waals surface area (Å²) in [6.07, 6.45) is 2.81. The number of hydrogen-bond acceptors (Lipinski definition) is 5. The summed E-state index contributed by atoms with van der Waals surface area (Å²) in [6, 6.07) is 9.79. The topological polar surface area (TPSA) is 85.6 Å². The zero-order chi connectivity index (χ0) is 21.0. The molecule has 154 valence electrons. The molecule has 2 aliphatic carbocycles. The second-order valence-electron chi connectivity index (χ2n) is 8.47. The van der Waals surface area contributed by atoms with Crippen LogP contribution in [0.25, 0.3) is 16.8 Å². The summed E-state index contributed by atoms with van der Waals surface area (Å²) in [5, 5.41) is 7.69. The van der Waals surface area contributed by atoms with Gasteiger partial charge in [-0.05, 0) is 50.3 Å². The molecule has 0 spiro atoms. The van der Waals surface area contributed by atoms with E-state index in [1.165, 1.54) is 0 Å². The molecule has 0 radical (unpaired) electrons. The molecule has 1 aromatic carbocycles. The van der Waals surface area contributed by atoms with Gasteiger partial charge in [0.25, 0.3) is 0 Å². The molecule has 7 nitrogen and oxygen atoms in total. The van der Waals surface area contributed by atoms with Crippen LogP contribution in [0.5, 0.6) is 5.88 Å². The van der Waals surface area contributed by atoms with Crippen molar-refractivity contribution in [2.75, 3.05) is 7.11 Å². The zero-order valence-corrected chi connectivity index (χ0v) is 17.4. The third-order valence-electron chi connectivity index (χ3n) is 6.03. The van der Waals surface area contributed by atoms with Crippen LogP contribution in [-0.2, 0) is 16.6 Å². The van der Waals surface area contributed by atoms with Crippen molar-refractivity contribution in [2.45, 2.75) is 51.0 Å². The molecule has 30 heavy (non-hydrogen) atoms. The number of nitrogens with one attached hydrogen (secondary N) is 1. The van der Waals surface area contributed by atoms with Crippen LogP contribution < -0.4 is 10.1 Å². The molecular formula is C23H24N4O3. The molecule has 2 aliphatic rings. The molecular weight excluding hydrogens is 380 g/mol. The van der Waals surface area contributed by atoms with Gasteiger partial charge < -0.3 is 10.1 Å². The van der Waals surface area contributed by atoms with Crippen molar-refractivity contribution >= 4 is 17.3 Å². The van der Waals surface area contributed by atoms with Crippen LogP contribution >= 0.6 is 0 Å². The summed E-state index contributed by atoms with van der Waals surface area (Å²) in [5.41, 5.74) is 3.75. The van der Waals surface area contributed by atoms with Crippen LogP contribution in [-0.4, -0.2) is 39.4 Å². The van der Waals surface area contributed by atoms with Crippen molar-refractivity contribution in [2.24, 2.45) is 0 Å². The standard InChI is InChI=1S/C23H24N4O3/c1-13(2)24-22(29)23(10-11-23)21-25-20-17(7-9-19(30-3)27(20)26-21)15-4-6-16-14(12-15)5-8-18(16)28/h4,6-7,9,12-13H,5,8,10-11H2,1-3H3,(H,24,29). The van der Waals surface area contributed by atoms with E-state index in [0.29, 0.717) is 23.8 Å². The summed E-state index contributed by atoms with van der Waals surface area (Å²) in [4.78, 5) is 29.6. The average Bonchev–Trinajstić information content (AvgIpc) is 3.29. The predicted octanol–water partition coefficient (Wildman–Crippen LogP) is 3.09. The van der Waals surface area contributed by atoms with E-state index >= 15 is 0 Å². The predicted molar refractivity (Wildman–Crippen MR) is 112 cm³/mol. The number of ether oxygens (including phenoxy) is 1. The first-order valence-corrected chi connectivity index (χ1v) is 10.3. The largest absolute Gasteiger partial charge is 0.481 e. The number of amides is 1. The highest BCUT2D eigenvalue weighted by Crippen LogP contribution is 2.47. The molecule has 1 fully saturated rings. The minimum atomic E-state index is -0.664. The molecule has 2 heterocycles. The molecule has 3 aromatic rings. The van der Waals surface area contributed by atoms with Gasteiger partial charge >= 0.3 is 0 Å². The molecule has 0 bridgehead atoms. The number of ketones is 1. The fourth-order valence-electron chi connectivity index (χ4n) is 4.22. The van der Waals surface area contributed by atoms with Gasteiger partial charge in [0.15, 0.2) is 17.3 Å². The minimum Gasteiger partial charge on any atom is -0.481 e. The smallest absolute Gasteiger partial charge is 0.234 e. The fourth-order valence-corrected chi connectivity index (χ4v) is 4.22. The number of Topliss-reactive ketones (excluding diaryl/α,β-unsaturated/α-hetero) is 1. The number of methoxy groups -OCH3 is 1. The maximum absolute atomic E-state index is 12.8. The lowest BCUT2D eigenvalue weighted by atomic mass is 10.0. The molecule has 0 aliphatic heterocycles. The number of carbonyl (C=O) groups excluding carboxylic acids is 2. The van der Waals surface area contributed by atoms with Gasteiger partial charge in [-0.2, -0.15) is 4.52 Å². The number of nitrogens with zero attached hydrogens (tertiary/aromatic N) is 3. The minimum absolute atomic E-state index is 0.0232. The third kappa shape index (κ3) is 2.80. The second kappa shape index (κ2) is 6.65. The molecule has 0 saturated heterocycles. The highest BCUT2D eigenvalue weighted by molar-refractivity contribution is 6.01. The van der Waals surface area contributed by atoms with Crippen molar-refractivity contribution < 1.29 is 14.3 Å². The van der Waals surface area contributed by atoms with E-state index in [9.17, 15) is 9.59 Å². The maximum atomic E-state index is 12.8. The van der Waals surface area contributed by atoms with Crippen molar-refractivity contribution in [3.05, 3.63) is 47.3 Å². The van der Waals surface area contributed by atoms with E-state index in [0.717, 1.165) is 41.5 Å². The van der Waals surface area contributed by atoms with Crippen LogP contribution in [0.4, 0.5) is 0 Å². The lowest BCUT2D eigenvalue weighted by Gasteiger charge is -2.14. The highest BCUT2D eigenvalue weighted by Gasteiger charge is 2.55. The normalized spacial score (nSPS) is 16.7. The first-order chi connectivity index (χ1) is 14.4. The monoisotopic (exact) mass is 404 g/mol. The lowest BCUT2D eigenvalue weighted by Crippen LogP contribution is -2.39. The number of benzene rings is 1. The number of aromatic nitrogens is 3. The average molecular weight is 404 g/mol. The summed E-state index contributed by atoms with van der Waals surface area (Å²) in [6.45, 7) is 3.90. The molecule has 7 heteroatoms. The number of aryl methyl sites for hydroxylation is 1. The van der Waals surface area contributed by atoms with E-state index in [1.54, 1.807) is 11.6 Å². The van der Waals surface area contributed by atoms with Gasteiger partial charge in [0, 0.05) is 29.7 Å². The maximum Gasteiger partial charge on any atom is 0.234 e. The Balaban J connectivity index is 1.63. The van der Waals surface area contributed by atoms with Gasteiger partial charge in [-0.15, -0.1) is 5.10 Å². The Morgan fingerprint density at radius 3 is 2.63 bits per heavy atom. The van der Waals surface area contributed by atoms with E-state index < -0.39 is 5.41 Å². The number of carbonyl (C=O) groups is 2. The van der Waals surface area contributed by atoms with Crippen molar-refractivity contribution in [3.8, 4) is 17.0 Å².